The minimum atomic E-state index is -0.382. The lowest BCUT2D eigenvalue weighted by molar-refractivity contribution is -0.123. The van der Waals surface area contributed by atoms with Crippen molar-refractivity contribution in [2.45, 2.75) is 0 Å². The highest BCUT2D eigenvalue weighted by atomic mass is 79.9. The SMILES string of the molecule is O=C(CN1C(=O)COc2cc(Br)ccc21)Nc1cc(Cl)ccc1-n1cncn1. The Morgan fingerprint density at radius 1 is 1.25 bits per heavy atom. The van der Waals surface area contributed by atoms with Crippen LogP contribution in [0, 0.1) is 0 Å². The van der Waals surface area contributed by atoms with E-state index in [9.17, 15) is 9.59 Å². The molecule has 2 aromatic carbocycles. The summed E-state index contributed by atoms with van der Waals surface area (Å²) in [6, 6.07) is 10.3. The van der Waals surface area contributed by atoms with Gasteiger partial charge in [-0.1, -0.05) is 27.5 Å². The summed E-state index contributed by atoms with van der Waals surface area (Å²) in [6.07, 6.45) is 2.90. The van der Waals surface area contributed by atoms with Crippen LogP contribution in [0.4, 0.5) is 11.4 Å². The van der Waals surface area contributed by atoms with Crippen molar-refractivity contribution in [1.29, 1.82) is 0 Å². The van der Waals surface area contributed by atoms with Gasteiger partial charge in [-0.3, -0.25) is 14.5 Å². The lowest BCUT2D eigenvalue weighted by atomic mass is 10.2. The van der Waals surface area contributed by atoms with Gasteiger partial charge in [-0.2, -0.15) is 5.10 Å². The van der Waals surface area contributed by atoms with E-state index in [0.717, 1.165) is 4.47 Å². The Kier molecular flexibility index (Phi) is 5.01. The fraction of sp³-hybridized carbons (Fsp3) is 0.111. The average molecular weight is 463 g/mol. The van der Waals surface area contributed by atoms with Crippen molar-refractivity contribution in [1.82, 2.24) is 14.8 Å². The first kappa shape index (κ1) is 18.5. The van der Waals surface area contributed by atoms with Crippen LogP contribution in [0.3, 0.4) is 0 Å². The normalized spacial score (nSPS) is 13.1. The van der Waals surface area contributed by atoms with E-state index in [0.29, 0.717) is 27.8 Å². The van der Waals surface area contributed by atoms with Gasteiger partial charge >= 0.3 is 0 Å². The fourth-order valence-corrected chi connectivity index (χ4v) is 3.34. The molecule has 28 heavy (non-hydrogen) atoms. The molecule has 8 nitrogen and oxygen atoms in total. The summed E-state index contributed by atoms with van der Waals surface area (Å²) in [5, 5.41) is 7.32. The Morgan fingerprint density at radius 2 is 2.07 bits per heavy atom. The van der Waals surface area contributed by atoms with Crippen molar-refractivity contribution in [3.05, 3.63) is 58.5 Å². The van der Waals surface area contributed by atoms with Gasteiger partial charge < -0.3 is 10.1 Å². The molecule has 142 valence electrons. The van der Waals surface area contributed by atoms with Gasteiger partial charge in [0.2, 0.25) is 5.91 Å². The summed E-state index contributed by atoms with van der Waals surface area (Å²) in [7, 11) is 0. The number of carbonyl (C=O) groups is 2. The van der Waals surface area contributed by atoms with Crippen LogP contribution in [0.2, 0.25) is 5.02 Å². The molecule has 1 aliphatic rings. The fourth-order valence-electron chi connectivity index (χ4n) is 2.83. The first-order valence-corrected chi connectivity index (χ1v) is 9.35. The number of hydrogen-bond donors (Lipinski definition) is 1. The van der Waals surface area contributed by atoms with E-state index in [1.165, 1.54) is 22.2 Å². The molecule has 1 aromatic heterocycles. The number of amides is 2. The lowest BCUT2D eigenvalue weighted by Gasteiger charge is -2.29. The average Bonchev–Trinajstić information content (AvgIpc) is 3.18. The molecule has 0 saturated heterocycles. The third-order valence-electron chi connectivity index (χ3n) is 4.06. The van der Waals surface area contributed by atoms with Gasteiger partial charge in [-0.25, -0.2) is 9.67 Å². The maximum absolute atomic E-state index is 12.7. The number of ether oxygens (including phenoxy) is 1. The number of benzene rings is 2. The van der Waals surface area contributed by atoms with Crippen molar-refractivity contribution in [2.24, 2.45) is 0 Å². The second-order valence-corrected chi connectivity index (χ2v) is 7.28. The summed E-state index contributed by atoms with van der Waals surface area (Å²) in [6.45, 7) is -0.293. The molecule has 2 amide bonds. The Balaban J connectivity index is 1.58. The molecule has 0 aliphatic carbocycles. The molecular weight excluding hydrogens is 450 g/mol. The zero-order valence-electron chi connectivity index (χ0n) is 14.3. The molecule has 0 radical (unpaired) electrons. The smallest absolute Gasteiger partial charge is 0.265 e. The number of hydrogen-bond acceptors (Lipinski definition) is 5. The highest BCUT2D eigenvalue weighted by molar-refractivity contribution is 9.10. The predicted octanol–water partition coefficient (Wildman–Crippen LogP) is 3.05. The number of nitrogens with zero attached hydrogens (tertiary/aromatic N) is 4. The van der Waals surface area contributed by atoms with E-state index in [1.54, 1.807) is 36.4 Å². The van der Waals surface area contributed by atoms with Crippen molar-refractivity contribution >= 4 is 50.7 Å². The number of fused-ring (bicyclic) bond motifs is 1. The summed E-state index contributed by atoms with van der Waals surface area (Å²) >= 11 is 9.44. The first-order valence-electron chi connectivity index (χ1n) is 8.18. The van der Waals surface area contributed by atoms with Gasteiger partial charge in [0.1, 0.15) is 24.9 Å². The Bertz CT molecular complexity index is 1060. The van der Waals surface area contributed by atoms with E-state index in [2.05, 4.69) is 31.3 Å². The molecular formula is C18H13BrClN5O3. The van der Waals surface area contributed by atoms with E-state index >= 15 is 0 Å². The molecule has 0 bridgehead atoms. The van der Waals surface area contributed by atoms with Gasteiger partial charge in [-0.05, 0) is 36.4 Å². The van der Waals surface area contributed by atoms with Gasteiger partial charge in [0.25, 0.3) is 5.91 Å². The van der Waals surface area contributed by atoms with Crippen LogP contribution in [-0.2, 0) is 9.59 Å². The third kappa shape index (κ3) is 3.71. The van der Waals surface area contributed by atoms with E-state index < -0.39 is 0 Å². The molecule has 0 spiro atoms. The maximum atomic E-state index is 12.7. The Morgan fingerprint density at radius 3 is 2.86 bits per heavy atom. The van der Waals surface area contributed by atoms with Gasteiger partial charge in [0.15, 0.2) is 6.61 Å². The summed E-state index contributed by atoms with van der Waals surface area (Å²) in [5.41, 5.74) is 1.60. The largest absolute Gasteiger partial charge is 0.482 e. The molecule has 4 rings (SSSR count). The van der Waals surface area contributed by atoms with Crippen LogP contribution in [0.15, 0.2) is 53.5 Å². The molecule has 3 aromatic rings. The summed E-state index contributed by atoms with van der Waals surface area (Å²) in [5.74, 6) is -0.145. The van der Waals surface area contributed by atoms with Gasteiger partial charge in [0.05, 0.1) is 17.1 Å². The standard InChI is InChI=1S/C18H13BrClN5O3/c19-11-1-3-15-16(5-11)28-8-18(27)24(15)7-17(26)23-13-6-12(20)2-4-14(13)25-10-21-9-22-25/h1-6,9-10H,7-8H2,(H,23,26). The lowest BCUT2D eigenvalue weighted by Crippen LogP contribution is -2.43. The minimum Gasteiger partial charge on any atom is -0.482 e. The van der Waals surface area contributed by atoms with E-state index in [4.69, 9.17) is 16.3 Å². The number of halogens is 2. The van der Waals surface area contributed by atoms with Crippen LogP contribution < -0.4 is 15.0 Å². The highest BCUT2D eigenvalue weighted by Crippen LogP contribution is 2.34. The summed E-state index contributed by atoms with van der Waals surface area (Å²) in [4.78, 5) is 30.3. The summed E-state index contributed by atoms with van der Waals surface area (Å²) < 4.78 is 7.77. The quantitative estimate of drug-likeness (QED) is 0.644. The topological polar surface area (TPSA) is 89.4 Å². The molecule has 0 atom stereocenters. The number of nitrogens with one attached hydrogen (secondary N) is 1. The van der Waals surface area contributed by atoms with Crippen molar-refractivity contribution in [2.75, 3.05) is 23.4 Å². The van der Waals surface area contributed by atoms with Gasteiger partial charge in [-0.15, -0.1) is 0 Å². The highest BCUT2D eigenvalue weighted by Gasteiger charge is 2.27. The van der Waals surface area contributed by atoms with Crippen molar-refractivity contribution in [3.63, 3.8) is 0 Å². The van der Waals surface area contributed by atoms with Crippen LogP contribution in [-0.4, -0.2) is 39.7 Å². The first-order chi connectivity index (χ1) is 13.5. The minimum absolute atomic E-state index is 0.127. The molecule has 0 fully saturated rings. The zero-order chi connectivity index (χ0) is 19.7. The molecule has 10 heteroatoms. The predicted molar refractivity (Wildman–Crippen MR) is 107 cm³/mol. The molecule has 0 unspecified atom stereocenters. The van der Waals surface area contributed by atoms with Crippen LogP contribution in [0.1, 0.15) is 0 Å². The maximum Gasteiger partial charge on any atom is 0.265 e. The van der Waals surface area contributed by atoms with E-state index in [1.807, 2.05) is 0 Å². The van der Waals surface area contributed by atoms with Crippen LogP contribution >= 0.6 is 27.5 Å². The Hall–Kier alpha value is -2.91. The number of anilines is 2. The number of carbonyl (C=O) groups excluding carboxylic acids is 2. The van der Waals surface area contributed by atoms with Gasteiger partial charge in [0, 0.05) is 9.50 Å². The van der Waals surface area contributed by atoms with Crippen LogP contribution in [0.5, 0.6) is 5.75 Å². The third-order valence-corrected chi connectivity index (χ3v) is 4.79. The Labute approximate surface area is 173 Å². The zero-order valence-corrected chi connectivity index (χ0v) is 16.6. The van der Waals surface area contributed by atoms with Crippen molar-refractivity contribution in [3.8, 4) is 11.4 Å². The number of aromatic nitrogens is 3. The van der Waals surface area contributed by atoms with Crippen LogP contribution in [0.25, 0.3) is 5.69 Å². The number of rotatable bonds is 4. The monoisotopic (exact) mass is 461 g/mol. The molecule has 1 aliphatic heterocycles. The molecule has 0 saturated carbocycles. The second-order valence-electron chi connectivity index (χ2n) is 5.93. The van der Waals surface area contributed by atoms with E-state index in [-0.39, 0.29) is 25.0 Å². The van der Waals surface area contributed by atoms with Crippen molar-refractivity contribution < 1.29 is 14.3 Å². The molecule has 1 N–H and O–H groups in total. The second kappa shape index (κ2) is 7.61. The molecule has 2 heterocycles.